The molecule has 62 valence electrons. The molecule has 0 radical (unpaired) electrons. The fourth-order valence-corrected chi connectivity index (χ4v) is 1.87. The Morgan fingerprint density at radius 2 is 2.09 bits per heavy atom. The van der Waals surface area contributed by atoms with Crippen LogP contribution in [0.4, 0.5) is 4.79 Å². The van der Waals surface area contributed by atoms with Gasteiger partial charge in [0.2, 0.25) is 0 Å². The van der Waals surface area contributed by atoms with Crippen molar-refractivity contribution in [3.63, 3.8) is 0 Å². The van der Waals surface area contributed by atoms with E-state index in [4.69, 9.17) is 15.2 Å². The lowest BCUT2D eigenvalue weighted by molar-refractivity contribution is -0.0593. The van der Waals surface area contributed by atoms with Gasteiger partial charge in [-0.25, -0.2) is 4.79 Å². The SMILES string of the molecule is CC1C(CN)C2OC(=O)OC12. The Labute approximate surface area is 64.6 Å². The molecule has 4 heteroatoms. The summed E-state index contributed by atoms with van der Waals surface area (Å²) in [6.07, 6.45) is -0.638. The smallest absolute Gasteiger partial charge is 0.427 e. The van der Waals surface area contributed by atoms with Crippen molar-refractivity contribution in [3.8, 4) is 0 Å². The summed E-state index contributed by atoms with van der Waals surface area (Å²) in [4.78, 5) is 10.6. The fraction of sp³-hybridized carbons (Fsp3) is 0.857. The first-order valence-electron chi connectivity index (χ1n) is 3.81. The minimum Gasteiger partial charge on any atom is -0.427 e. The zero-order valence-electron chi connectivity index (χ0n) is 6.32. The third-order valence-corrected chi connectivity index (χ3v) is 2.68. The Kier molecular flexibility index (Phi) is 1.32. The Hall–Kier alpha value is -0.770. The second kappa shape index (κ2) is 2.11. The minimum absolute atomic E-state index is 0.0314. The monoisotopic (exact) mass is 157 g/mol. The third kappa shape index (κ3) is 0.758. The van der Waals surface area contributed by atoms with Crippen molar-refractivity contribution in [2.45, 2.75) is 19.1 Å². The average Bonchev–Trinajstić information content (AvgIpc) is 2.30. The van der Waals surface area contributed by atoms with E-state index in [2.05, 4.69) is 0 Å². The van der Waals surface area contributed by atoms with Gasteiger partial charge in [0, 0.05) is 11.8 Å². The highest BCUT2D eigenvalue weighted by Crippen LogP contribution is 2.42. The standard InChI is InChI=1S/C7H11NO3/c1-3-4(2-8)6-5(3)10-7(9)11-6/h3-6H,2,8H2,1H3. The van der Waals surface area contributed by atoms with Crippen LogP contribution >= 0.6 is 0 Å². The summed E-state index contributed by atoms with van der Waals surface area (Å²) in [6, 6.07) is 0. The van der Waals surface area contributed by atoms with Crippen LogP contribution in [0.1, 0.15) is 6.92 Å². The number of carbonyl (C=O) groups excluding carboxylic acids is 1. The predicted molar refractivity (Wildman–Crippen MR) is 36.9 cm³/mol. The maximum absolute atomic E-state index is 10.6. The topological polar surface area (TPSA) is 61.5 Å². The molecular weight excluding hydrogens is 146 g/mol. The van der Waals surface area contributed by atoms with Crippen LogP contribution in [-0.4, -0.2) is 24.9 Å². The predicted octanol–water partition coefficient (Wildman–Crippen LogP) is 0.115. The normalized spacial score (nSPS) is 47.3. The number of nitrogens with two attached hydrogens (primary N) is 1. The summed E-state index contributed by atoms with van der Waals surface area (Å²) in [5.74, 6) is 0.655. The van der Waals surface area contributed by atoms with Crippen LogP contribution in [0.15, 0.2) is 0 Å². The highest BCUT2D eigenvalue weighted by molar-refractivity contribution is 5.63. The Morgan fingerprint density at radius 3 is 2.73 bits per heavy atom. The number of ether oxygens (including phenoxy) is 2. The van der Waals surface area contributed by atoms with Gasteiger partial charge in [0.15, 0.2) is 0 Å². The zero-order chi connectivity index (χ0) is 8.01. The molecule has 4 nitrogen and oxygen atoms in total. The molecule has 0 spiro atoms. The van der Waals surface area contributed by atoms with Gasteiger partial charge in [-0.15, -0.1) is 0 Å². The van der Waals surface area contributed by atoms with Crippen LogP contribution in [0.3, 0.4) is 0 Å². The molecule has 0 aromatic carbocycles. The molecule has 0 bridgehead atoms. The largest absolute Gasteiger partial charge is 0.509 e. The Balaban J connectivity index is 2.07. The molecule has 0 aromatic heterocycles. The molecule has 11 heavy (non-hydrogen) atoms. The van der Waals surface area contributed by atoms with Crippen molar-refractivity contribution in [2.75, 3.05) is 6.54 Å². The van der Waals surface area contributed by atoms with E-state index in [0.29, 0.717) is 18.4 Å². The van der Waals surface area contributed by atoms with E-state index < -0.39 is 6.16 Å². The van der Waals surface area contributed by atoms with Gasteiger partial charge in [-0.3, -0.25) is 0 Å². The summed E-state index contributed by atoms with van der Waals surface area (Å²) in [5.41, 5.74) is 5.48. The van der Waals surface area contributed by atoms with Crippen molar-refractivity contribution in [2.24, 2.45) is 17.6 Å². The number of fused-ring (bicyclic) bond motifs is 1. The third-order valence-electron chi connectivity index (χ3n) is 2.68. The number of hydrogen-bond acceptors (Lipinski definition) is 4. The highest BCUT2D eigenvalue weighted by atomic mass is 16.8. The maximum Gasteiger partial charge on any atom is 0.509 e. The quantitative estimate of drug-likeness (QED) is 0.549. The summed E-state index contributed by atoms with van der Waals surface area (Å²) < 4.78 is 9.78. The number of hydrogen-bond donors (Lipinski definition) is 1. The second-order valence-electron chi connectivity index (χ2n) is 3.17. The highest BCUT2D eigenvalue weighted by Gasteiger charge is 2.56. The van der Waals surface area contributed by atoms with Crippen molar-refractivity contribution in [1.29, 1.82) is 0 Å². The maximum atomic E-state index is 10.6. The average molecular weight is 157 g/mol. The lowest BCUT2D eigenvalue weighted by Crippen LogP contribution is -2.55. The molecule has 1 aliphatic heterocycles. The van der Waals surface area contributed by atoms with Crippen molar-refractivity contribution in [1.82, 2.24) is 0 Å². The first kappa shape index (κ1) is 6.91. The van der Waals surface area contributed by atoms with E-state index in [9.17, 15) is 4.79 Å². The summed E-state index contributed by atoms with van der Waals surface area (Å²) >= 11 is 0. The molecular formula is C7H11NO3. The van der Waals surface area contributed by atoms with Crippen molar-refractivity contribution in [3.05, 3.63) is 0 Å². The van der Waals surface area contributed by atoms with Crippen LogP contribution in [0.5, 0.6) is 0 Å². The van der Waals surface area contributed by atoms with Gasteiger partial charge < -0.3 is 15.2 Å². The molecule has 4 atom stereocenters. The first-order valence-corrected chi connectivity index (χ1v) is 3.81. The van der Waals surface area contributed by atoms with Crippen molar-refractivity contribution < 1.29 is 14.3 Å². The Bertz CT molecular complexity index is 194. The molecule has 1 heterocycles. The molecule has 1 saturated carbocycles. The van der Waals surface area contributed by atoms with Gasteiger partial charge in [-0.1, -0.05) is 6.92 Å². The zero-order valence-corrected chi connectivity index (χ0v) is 6.32. The van der Waals surface area contributed by atoms with Gasteiger partial charge in [-0.05, 0) is 6.54 Å². The minimum atomic E-state index is -0.539. The molecule has 2 N–H and O–H groups in total. The van der Waals surface area contributed by atoms with Gasteiger partial charge in [0.1, 0.15) is 12.2 Å². The molecule has 2 aliphatic rings. The summed E-state index contributed by atoms with van der Waals surface area (Å²) in [7, 11) is 0. The second-order valence-corrected chi connectivity index (χ2v) is 3.17. The lowest BCUT2D eigenvalue weighted by atomic mass is 9.69. The molecule has 4 unspecified atom stereocenters. The van der Waals surface area contributed by atoms with E-state index in [1.807, 2.05) is 6.92 Å². The van der Waals surface area contributed by atoms with E-state index in [1.165, 1.54) is 0 Å². The lowest BCUT2D eigenvalue weighted by Gasteiger charge is -2.41. The van der Waals surface area contributed by atoms with Crippen molar-refractivity contribution >= 4 is 6.16 Å². The van der Waals surface area contributed by atoms with E-state index in [0.717, 1.165) is 0 Å². The summed E-state index contributed by atoms with van der Waals surface area (Å²) in [5, 5.41) is 0. The van der Waals surface area contributed by atoms with E-state index in [-0.39, 0.29) is 12.2 Å². The van der Waals surface area contributed by atoms with Crippen LogP contribution in [-0.2, 0) is 9.47 Å². The Morgan fingerprint density at radius 1 is 1.45 bits per heavy atom. The van der Waals surface area contributed by atoms with Gasteiger partial charge >= 0.3 is 6.16 Å². The number of carbonyl (C=O) groups is 1. The van der Waals surface area contributed by atoms with Crippen LogP contribution in [0.25, 0.3) is 0 Å². The van der Waals surface area contributed by atoms with Gasteiger partial charge in [-0.2, -0.15) is 0 Å². The molecule has 2 rings (SSSR count). The van der Waals surface area contributed by atoms with Gasteiger partial charge in [0.25, 0.3) is 0 Å². The number of rotatable bonds is 1. The first-order chi connectivity index (χ1) is 5.24. The van der Waals surface area contributed by atoms with Crippen LogP contribution in [0.2, 0.25) is 0 Å². The molecule has 1 aliphatic carbocycles. The summed E-state index contributed by atoms with van der Waals surface area (Å²) in [6.45, 7) is 2.60. The molecule has 1 saturated heterocycles. The molecule has 0 aromatic rings. The molecule has 2 fully saturated rings. The van der Waals surface area contributed by atoms with Crippen LogP contribution < -0.4 is 5.73 Å². The van der Waals surface area contributed by atoms with Crippen LogP contribution in [0, 0.1) is 11.8 Å². The van der Waals surface area contributed by atoms with Gasteiger partial charge in [0.05, 0.1) is 0 Å². The molecule has 0 amide bonds. The fourth-order valence-electron chi connectivity index (χ4n) is 1.87. The van der Waals surface area contributed by atoms with E-state index >= 15 is 0 Å². The van der Waals surface area contributed by atoms with E-state index in [1.54, 1.807) is 0 Å².